The van der Waals surface area contributed by atoms with E-state index >= 15 is 0 Å². The van der Waals surface area contributed by atoms with Crippen molar-refractivity contribution >= 4 is 5.97 Å². The predicted octanol–water partition coefficient (Wildman–Crippen LogP) is 3.38. The van der Waals surface area contributed by atoms with Crippen LogP contribution in [-0.2, 0) is 16.0 Å². The fourth-order valence-corrected chi connectivity index (χ4v) is 3.73. The number of methoxy groups -OCH3 is 1. The number of hydrogen-bond acceptors (Lipinski definition) is 4. The molecule has 0 fully saturated rings. The maximum absolute atomic E-state index is 12.8. The minimum atomic E-state index is -0.514. The average molecular weight is 402 g/mol. The fraction of sp³-hybridized carbons (Fsp3) is 0.174. The highest BCUT2D eigenvalue weighted by Crippen LogP contribution is 2.34. The van der Waals surface area contributed by atoms with E-state index in [1.807, 2.05) is 60.7 Å². The van der Waals surface area contributed by atoms with E-state index in [1.165, 1.54) is 7.11 Å². The summed E-state index contributed by atoms with van der Waals surface area (Å²) < 4.78 is 4.93. The topological polar surface area (TPSA) is 104 Å². The molecule has 0 unspecified atom stereocenters. The smallest absolute Gasteiger partial charge is 0.306 e. The van der Waals surface area contributed by atoms with E-state index in [2.05, 4.69) is 20.4 Å². The molecule has 0 amide bonds. The number of rotatable bonds is 7. The number of hydrogen-bond donors (Lipinski definition) is 3. The lowest BCUT2D eigenvalue weighted by Crippen LogP contribution is -2.18. The van der Waals surface area contributed by atoms with Crippen molar-refractivity contribution in [1.29, 1.82) is 0 Å². The first-order valence-electron chi connectivity index (χ1n) is 9.66. The van der Waals surface area contributed by atoms with E-state index in [0.29, 0.717) is 12.0 Å². The lowest BCUT2D eigenvalue weighted by molar-refractivity contribution is -0.140. The molecule has 4 rings (SSSR count). The van der Waals surface area contributed by atoms with E-state index in [9.17, 15) is 9.59 Å². The Morgan fingerprint density at radius 2 is 1.73 bits per heavy atom. The third kappa shape index (κ3) is 3.96. The van der Waals surface area contributed by atoms with Crippen LogP contribution in [0.2, 0.25) is 0 Å². The van der Waals surface area contributed by atoms with Gasteiger partial charge in [-0.05, 0) is 11.1 Å². The van der Waals surface area contributed by atoms with Gasteiger partial charge in [-0.15, -0.1) is 0 Å². The molecule has 2 aromatic carbocycles. The molecule has 0 saturated heterocycles. The van der Waals surface area contributed by atoms with Crippen molar-refractivity contribution in [3.8, 4) is 11.3 Å². The summed E-state index contributed by atoms with van der Waals surface area (Å²) in [5, 5.41) is 12.9. The molecule has 0 aliphatic heterocycles. The summed E-state index contributed by atoms with van der Waals surface area (Å²) in [4.78, 5) is 25.1. The van der Waals surface area contributed by atoms with Gasteiger partial charge in [-0.25, -0.2) is 0 Å². The van der Waals surface area contributed by atoms with Crippen LogP contribution >= 0.6 is 0 Å². The Labute approximate surface area is 173 Å². The highest BCUT2D eigenvalue weighted by molar-refractivity contribution is 5.73. The van der Waals surface area contributed by atoms with Crippen molar-refractivity contribution in [3.05, 3.63) is 99.6 Å². The Bertz CT molecular complexity index is 1180. The Balaban J connectivity index is 1.81. The fourth-order valence-electron chi connectivity index (χ4n) is 3.73. The zero-order valence-corrected chi connectivity index (χ0v) is 16.5. The van der Waals surface area contributed by atoms with Crippen molar-refractivity contribution < 1.29 is 9.53 Å². The first-order valence-corrected chi connectivity index (χ1v) is 9.66. The number of carbonyl (C=O) groups is 1. The molecule has 2 heterocycles. The number of esters is 1. The average Bonchev–Trinajstić information content (AvgIpc) is 3.40. The highest BCUT2D eigenvalue weighted by atomic mass is 16.5. The summed E-state index contributed by atoms with van der Waals surface area (Å²) >= 11 is 0. The number of ether oxygens (including phenoxy) is 1. The zero-order chi connectivity index (χ0) is 20.9. The molecule has 152 valence electrons. The first-order chi connectivity index (χ1) is 14.7. The van der Waals surface area contributed by atoms with Crippen LogP contribution in [0.4, 0.5) is 0 Å². The summed E-state index contributed by atoms with van der Waals surface area (Å²) in [6.07, 6.45) is 2.23. The van der Waals surface area contributed by atoms with Crippen molar-refractivity contribution in [3.63, 3.8) is 0 Å². The molecule has 0 spiro atoms. The lowest BCUT2D eigenvalue weighted by atomic mass is 9.86. The lowest BCUT2D eigenvalue weighted by Gasteiger charge is -2.16. The maximum atomic E-state index is 12.8. The molecule has 1 atom stereocenters. The molecule has 3 N–H and O–H groups in total. The van der Waals surface area contributed by atoms with Crippen molar-refractivity contribution in [2.75, 3.05) is 7.11 Å². The van der Waals surface area contributed by atoms with Gasteiger partial charge in [-0.2, -0.15) is 5.10 Å². The summed E-state index contributed by atoms with van der Waals surface area (Å²) in [5.41, 5.74) is 4.53. The van der Waals surface area contributed by atoms with E-state index in [4.69, 9.17) is 4.74 Å². The van der Waals surface area contributed by atoms with Crippen LogP contribution in [0.25, 0.3) is 11.3 Å². The summed E-state index contributed by atoms with van der Waals surface area (Å²) in [6, 6.07) is 19.6. The van der Waals surface area contributed by atoms with Gasteiger partial charge in [0, 0.05) is 29.2 Å². The van der Waals surface area contributed by atoms with Crippen LogP contribution in [-0.4, -0.2) is 33.5 Å². The Hall–Kier alpha value is -3.87. The van der Waals surface area contributed by atoms with Gasteiger partial charge in [-0.1, -0.05) is 60.7 Å². The Morgan fingerprint density at radius 1 is 1.03 bits per heavy atom. The summed E-state index contributed by atoms with van der Waals surface area (Å²) in [7, 11) is 1.35. The number of nitrogens with one attached hydrogen (secondary N) is 3. The third-order valence-electron chi connectivity index (χ3n) is 5.17. The molecule has 0 radical (unpaired) electrons. The molecular formula is C23H22N4O3. The zero-order valence-electron chi connectivity index (χ0n) is 16.5. The highest BCUT2D eigenvalue weighted by Gasteiger charge is 2.29. The molecule has 7 heteroatoms. The second-order valence-electron chi connectivity index (χ2n) is 7.03. The maximum Gasteiger partial charge on any atom is 0.306 e. The second-order valence-corrected chi connectivity index (χ2v) is 7.03. The predicted molar refractivity (Wildman–Crippen MR) is 113 cm³/mol. The van der Waals surface area contributed by atoms with Gasteiger partial charge in [0.1, 0.15) is 0 Å². The minimum Gasteiger partial charge on any atom is -0.469 e. The number of nitrogens with zero attached hydrogens (tertiary/aromatic N) is 1. The van der Waals surface area contributed by atoms with Gasteiger partial charge in [0.15, 0.2) is 0 Å². The molecule has 4 aromatic rings. The minimum absolute atomic E-state index is 0.0264. The Morgan fingerprint density at radius 3 is 2.43 bits per heavy atom. The van der Waals surface area contributed by atoms with Crippen LogP contribution in [0.15, 0.2) is 71.7 Å². The number of benzene rings is 2. The van der Waals surface area contributed by atoms with E-state index in [-0.39, 0.29) is 12.0 Å². The normalized spacial score (nSPS) is 11.9. The van der Waals surface area contributed by atoms with E-state index in [0.717, 1.165) is 28.1 Å². The third-order valence-corrected chi connectivity index (χ3v) is 5.17. The molecule has 0 saturated carbocycles. The standard InChI is InChI=1S/C23H22N4O3/c1-30-20(28)13-17(18-14-24-26-22(18)16-10-6-3-7-11-16)21-19(25-27-23(21)29)12-15-8-4-2-5-9-15/h2-11,14,17H,12-13H2,1H3,(H,24,26)(H2,25,27,29)/t17-/m1/s1. The monoisotopic (exact) mass is 402 g/mol. The van der Waals surface area contributed by atoms with Crippen LogP contribution in [0.5, 0.6) is 0 Å². The van der Waals surface area contributed by atoms with Crippen LogP contribution in [0.3, 0.4) is 0 Å². The van der Waals surface area contributed by atoms with Crippen molar-refractivity contribution in [1.82, 2.24) is 20.4 Å². The van der Waals surface area contributed by atoms with Gasteiger partial charge < -0.3 is 9.84 Å². The number of aromatic nitrogens is 4. The summed E-state index contributed by atoms with van der Waals surface area (Å²) in [6.45, 7) is 0. The molecule has 7 nitrogen and oxygen atoms in total. The van der Waals surface area contributed by atoms with Crippen molar-refractivity contribution in [2.24, 2.45) is 0 Å². The Kier molecular flexibility index (Phi) is 5.61. The number of H-pyrrole nitrogens is 3. The van der Waals surface area contributed by atoms with Crippen LogP contribution in [0.1, 0.15) is 34.7 Å². The SMILES string of the molecule is COC(=O)C[C@H](c1cn[nH]c1-c1ccccc1)c1c(Cc2ccccc2)[nH][nH]c1=O. The van der Waals surface area contributed by atoms with Crippen molar-refractivity contribution in [2.45, 2.75) is 18.8 Å². The molecule has 0 aliphatic carbocycles. The van der Waals surface area contributed by atoms with Crippen LogP contribution in [0, 0.1) is 0 Å². The van der Waals surface area contributed by atoms with Gasteiger partial charge in [0.05, 0.1) is 25.4 Å². The van der Waals surface area contributed by atoms with Gasteiger partial charge in [-0.3, -0.25) is 19.8 Å². The quantitative estimate of drug-likeness (QED) is 0.412. The van der Waals surface area contributed by atoms with Gasteiger partial charge in [0.2, 0.25) is 0 Å². The van der Waals surface area contributed by atoms with Gasteiger partial charge in [0.25, 0.3) is 5.56 Å². The second kappa shape index (κ2) is 8.65. The number of carbonyl (C=O) groups excluding carboxylic acids is 1. The first kappa shape index (κ1) is 19.4. The largest absolute Gasteiger partial charge is 0.469 e. The van der Waals surface area contributed by atoms with E-state index < -0.39 is 11.9 Å². The van der Waals surface area contributed by atoms with Gasteiger partial charge >= 0.3 is 5.97 Å². The molecular weight excluding hydrogens is 380 g/mol. The molecule has 2 aromatic heterocycles. The van der Waals surface area contributed by atoms with E-state index in [1.54, 1.807) is 6.20 Å². The summed E-state index contributed by atoms with van der Waals surface area (Å²) in [5.74, 6) is -0.911. The molecule has 0 aliphatic rings. The molecule has 30 heavy (non-hydrogen) atoms. The van der Waals surface area contributed by atoms with Crippen LogP contribution < -0.4 is 5.56 Å². The molecule has 0 bridgehead atoms. The number of aromatic amines is 3.